The van der Waals surface area contributed by atoms with Crippen LogP contribution in [-0.2, 0) is 6.54 Å². The van der Waals surface area contributed by atoms with Gasteiger partial charge in [-0.3, -0.25) is 0 Å². The van der Waals surface area contributed by atoms with Crippen LogP contribution in [0.1, 0.15) is 5.56 Å². The second-order valence-corrected chi connectivity index (χ2v) is 4.96. The van der Waals surface area contributed by atoms with Crippen molar-refractivity contribution in [2.75, 3.05) is 7.11 Å². The average Bonchev–Trinajstić information content (AvgIpc) is 2.89. The zero-order valence-electron chi connectivity index (χ0n) is 11.5. The summed E-state index contributed by atoms with van der Waals surface area (Å²) in [5.74, 6) is 0.798. The molecule has 21 heavy (non-hydrogen) atoms. The molecule has 0 saturated carbocycles. The standard InChI is InChI=1S/C16H14ClN3O/c1-21-14-9-7-13(8-10-14)15-16(17)20(19-18-15)11-12-5-3-2-4-6-12/h2-10H,11H2,1H3. The van der Waals surface area contributed by atoms with Gasteiger partial charge < -0.3 is 4.74 Å². The van der Waals surface area contributed by atoms with E-state index < -0.39 is 0 Å². The summed E-state index contributed by atoms with van der Waals surface area (Å²) in [6.45, 7) is 0.600. The predicted octanol–water partition coefficient (Wildman–Crippen LogP) is 3.66. The molecule has 0 amide bonds. The van der Waals surface area contributed by atoms with Gasteiger partial charge in [-0.15, -0.1) is 5.10 Å². The van der Waals surface area contributed by atoms with Crippen molar-refractivity contribution in [2.45, 2.75) is 6.54 Å². The highest BCUT2D eigenvalue weighted by molar-refractivity contribution is 6.32. The van der Waals surface area contributed by atoms with E-state index in [9.17, 15) is 0 Å². The fourth-order valence-electron chi connectivity index (χ4n) is 2.08. The van der Waals surface area contributed by atoms with Gasteiger partial charge in [0, 0.05) is 5.56 Å². The number of hydrogen-bond donors (Lipinski definition) is 0. The molecule has 0 aliphatic rings. The third-order valence-corrected chi connectivity index (χ3v) is 3.59. The highest BCUT2D eigenvalue weighted by atomic mass is 35.5. The molecule has 3 aromatic rings. The summed E-state index contributed by atoms with van der Waals surface area (Å²) in [4.78, 5) is 0. The number of ether oxygens (including phenoxy) is 1. The SMILES string of the molecule is COc1ccc(-c2nnn(Cc3ccccc3)c2Cl)cc1. The molecule has 0 N–H and O–H groups in total. The van der Waals surface area contributed by atoms with Crippen LogP contribution in [0.3, 0.4) is 0 Å². The summed E-state index contributed by atoms with van der Waals surface area (Å²) >= 11 is 6.39. The molecule has 3 rings (SSSR count). The fourth-order valence-corrected chi connectivity index (χ4v) is 2.33. The van der Waals surface area contributed by atoms with E-state index in [-0.39, 0.29) is 0 Å². The molecule has 0 atom stereocenters. The van der Waals surface area contributed by atoms with Crippen molar-refractivity contribution in [3.63, 3.8) is 0 Å². The molecule has 4 nitrogen and oxygen atoms in total. The first-order valence-corrected chi connectivity index (χ1v) is 6.93. The number of halogens is 1. The second-order valence-electron chi connectivity index (χ2n) is 4.60. The van der Waals surface area contributed by atoms with Gasteiger partial charge in [-0.25, -0.2) is 4.68 Å². The van der Waals surface area contributed by atoms with Gasteiger partial charge >= 0.3 is 0 Å². The first-order valence-electron chi connectivity index (χ1n) is 6.55. The lowest BCUT2D eigenvalue weighted by molar-refractivity contribution is 0.415. The Hall–Kier alpha value is -2.33. The van der Waals surface area contributed by atoms with Crippen LogP contribution in [0.15, 0.2) is 54.6 Å². The molecule has 106 valence electrons. The van der Waals surface area contributed by atoms with Crippen LogP contribution < -0.4 is 4.74 Å². The van der Waals surface area contributed by atoms with Gasteiger partial charge in [-0.05, 0) is 29.8 Å². The molecule has 1 heterocycles. The largest absolute Gasteiger partial charge is 0.497 e. The van der Waals surface area contributed by atoms with Crippen LogP contribution in [0, 0.1) is 0 Å². The minimum absolute atomic E-state index is 0.531. The number of methoxy groups -OCH3 is 1. The van der Waals surface area contributed by atoms with E-state index in [0.29, 0.717) is 17.4 Å². The van der Waals surface area contributed by atoms with Gasteiger partial charge in [-0.2, -0.15) is 0 Å². The quantitative estimate of drug-likeness (QED) is 0.738. The molecule has 0 aliphatic heterocycles. The second kappa shape index (κ2) is 5.97. The maximum atomic E-state index is 6.39. The monoisotopic (exact) mass is 299 g/mol. The van der Waals surface area contributed by atoms with Crippen LogP contribution in [0.4, 0.5) is 0 Å². The van der Waals surface area contributed by atoms with Crippen LogP contribution in [0.5, 0.6) is 5.75 Å². The smallest absolute Gasteiger partial charge is 0.155 e. The summed E-state index contributed by atoms with van der Waals surface area (Å²) in [7, 11) is 1.64. The first kappa shape index (κ1) is 13.6. The van der Waals surface area contributed by atoms with Crippen molar-refractivity contribution >= 4 is 11.6 Å². The molecule has 2 aromatic carbocycles. The maximum absolute atomic E-state index is 6.39. The third kappa shape index (κ3) is 2.90. The molecule has 0 fully saturated rings. The Kier molecular flexibility index (Phi) is 3.88. The minimum atomic E-state index is 0.531. The third-order valence-electron chi connectivity index (χ3n) is 3.21. The van der Waals surface area contributed by atoms with E-state index in [1.165, 1.54) is 0 Å². The van der Waals surface area contributed by atoms with Crippen molar-refractivity contribution in [2.24, 2.45) is 0 Å². The molecule has 0 radical (unpaired) electrons. The van der Waals surface area contributed by atoms with E-state index in [1.54, 1.807) is 11.8 Å². The Bertz CT molecular complexity index is 723. The molecule has 0 spiro atoms. The Labute approximate surface area is 127 Å². The lowest BCUT2D eigenvalue weighted by Crippen LogP contribution is -2.01. The first-order chi connectivity index (χ1) is 10.3. The van der Waals surface area contributed by atoms with Crippen molar-refractivity contribution in [3.8, 4) is 17.0 Å². The van der Waals surface area contributed by atoms with Gasteiger partial charge in [0.1, 0.15) is 11.4 Å². The minimum Gasteiger partial charge on any atom is -0.497 e. The molecule has 5 heteroatoms. The Morgan fingerprint density at radius 3 is 2.43 bits per heavy atom. The maximum Gasteiger partial charge on any atom is 0.155 e. The highest BCUT2D eigenvalue weighted by Gasteiger charge is 2.12. The topological polar surface area (TPSA) is 39.9 Å². The summed E-state index contributed by atoms with van der Waals surface area (Å²) < 4.78 is 6.84. The van der Waals surface area contributed by atoms with Gasteiger partial charge in [0.15, 0.2) is 5.15 Å². The zero-order valence-corrected chi connectivity index (χ0v) is 12.3. The van der Waals surface area contributed by atoms with E-state index in [1.807, 2.05) is 54.6 Å². The lowest BCUT2D eigenvalue weighted by Gasteiger charge is -2.03. The summed E-state index contributed by atoms with van der Waals surface area (Å²) in [5.41, 5.74) is 2.72. The molecular formula is C16H14ClN3O. The number of nitrogens with zero attached hydrogens (tertiary/aromatic N) is 3. The molecule has 1 aromatic heterocycles. The average molecular weight is 300 g/mol. The van der Waals surface area contributed by atoms with Crippen LogP contribution in [0.25, 0.3) is 11.3 Å². The molecule has 0 aliphatic carbocycles. The van der Waals surface area contributed by atoms with Crippen molar-refractivity contribution in [1.29, 1.82) is 0 Å². The predicted molar refractivity (Wildman–Crippen MR) is 82.6 cm³/mol. The summed E-state index contributed by atoms with van der Waals surface area (Å²) in [5, 5.41) is 8.84. The Morgan fingerprint density at radius 1 is 1.05 bits per heavy atom. The summed E-state index contributed by atoms with van der Waals surface area (Å²) in [6, 6.07) is 17.6. The summed E-state index contributed by atoms with van der Waals surface area (Å²) in [6.07, 6.45) is 0. The van der Waals surface area contributed by atoms with Crippen molar-refractivity contribution < 1.29 is 4.74 Å². The molecule has 0 bridgehead atoms. The number of aromatic nitrogens is 3. The van der Waals surface area contributed by atoms with Crippen LogP contribution in [-0.4, -0.2) is 22.1 Å². The van der Waals surface area contributed by atoms with Crippen LogP contribution >= 0.6 is 11.6 Å². The molecule has 0 saturated heterocycles. The van der Waals surface area contributed by atoms with E-state index in [4.69, 9.17) is 16.3 Å². The molecular weight excluding hydrogens is 286 g/mol. The Morgan fingerprint density at radius 2 is 1.76 bits per heavy atom. The van der Waals surface area contributed by atoms with Gasteiger partial charge in [0.25, 0.3) is 0 Å². The molecule has 0 unspecified atom stereocenters. The van der Waals surface area contributed by atoms with Gasteiger partial charge in [0.2, 0.25) is 0 Å². The van der Waals surface area contributed by atoms with Crippen molar-refractivity contribution in [1.82, 2.24) is 15.0 Å². The van der Waals surface area contributed by atoms with Gasteiger partial charge in [0.05, 0.1) is 13.7 Å². The van der Waals surface area contributed by atoms with Gasteiger partial charge in [-0.1, -0.05) is 47.1 Å². The fraction of sp³-hybridized carbons (Fsp3) is 0.125. The van der Waals surface area contributed by atoms with E-state index in [2.05, 4.69) is 10.3 Å². The number of hydrogen-bond acceptors (Lipinski definition) is 3. The van der Waals surface area contributed by atoms with Crippen molar-refractivity contribution in [3.05, 3.63) is 65.3 Å². The van der Waals surface area contributed by atoms with Crippen LogP contribution in [0.2, 0.25) is 5.15 Å². The highest BCUT2D eigenvalue weighted by Crippen LogP contribution is 2.27. The number of benzene rings is 2. The van der Waals surface area contributed by atoms with E-state index >= 15 is 0 Å². The van der Waals surface area contributed by atoms with E-state index in [0.717, 1.165) is 16.9 Å². The normalized spacial score (nSPS) is 10.6. The lowest BCUT2D eigenvalue weighted by atomic mass is 10.1. The zero-order chi connectivity index (χ0) is 14.7. The Balaban J connectivity index is 1.88. The number of rotatable bonds is 4.